The summed E-state index contributed by atoms with van der Waals surface area (Å²) in [6.07, 6.45) is -5.48. The zero-order valence-electron chi connectivity index (χ0n) is 23.3. The highest BCUT2D eigenvalue weighted by Crippen LogP contribution is 2.48. The van der Waals surface area contributed by atoms with E-state index in [0.717, 1.165) is 24.3 Å². The van der Waals surface area contributed by atoms with Gasteiger partial charge in [-0.25, -0.2) is 0 Å². The molecule has 0 aliphatic carbocycles. The average Bonchev–Trinajstić information content (AvgIpc) is 3.53. The summed E-state index contributed by atoms with van der Waals surface area (Å²) >= 11 is 0. The first kappa shape index (κ1) is 28.8. The summed E-state index contributed by atoms with van der Waals surface area (Å²) in [7, 11) is 0. The molecule has 0 bridgehead atoms. The third-order valence-electron chi connectivity index (χ3n) is 8.20. The molecule has 0 amide bonds. The van der Waals surface area contributed by atoms with E-state index in [9.17, 15) is 36.9 Å². The Kier molecular flexibility index (Phi) is 6.43. The second-order valence-corrected chi connectivity index (χ2v) is 10.6. The van der Waals surface area contributed by atoms with Crippen LogP contribution in [0.3, 0.4) is 0 Å². The van der Waals surface area contributed by atoms with Crippen molar-refractivity contribution in [2.24, 2.45) is 9.98 Å². The number of halogens is 6. The predicted molar refractivity (Wildman–Crippen MR) is 162 cm³/mol. The Labute approximate surface area is 255 Å². The lowest BCUT2D eigenvalue weighted by Crippen LogP contribution is -2.06. The Morgan fingerprint density at radius 3 is 1.07 bits per heavy atom. The van der Waals surface area contributed by atoms with Crippen molar-refractivity contribution in [3.05, 3.63) is 119 Å². The van der Waals surface area contributed by atoms with Crippen molar-refractivity contribution in [1.29, 1.82) is 10.5 Å². The molecular formula is C36H16F6N4. The molecule has 0 aromatic heterocycles. The fourth-order valence-electron chi connectivity index (χ4n) is 6.41. The van der Waals surface area contributed by atoms with E-state index in [4.69, 9.17) is 0 Å². The largest absolute Gasteiger partial charge is 0.416 e. The van der Waals surface area contributed by atoms with Gasteiger partial charge in [0, 0.05) is 43.4 Å². The number of hydrogen-bond donors (Lipinski definition) is 0. The molecule has 0 heterocycles. The highest BCUT2D eigenvalue weighted by Gasteiger charge is 2.32. The second-order valence-electron chi connectivity index (χ2n) is 10.6. The maximum Gasteiger partial charge on any atom is 0.416 e. The normalized spacial score (nSPS) is 13.2. The van der Waals surface area contributed by atoms with Gasteiger partial charge in [0.2, 0.25) is 12.4 Å². The summed E-state index contributed by atoms with van der Waals surface area (Å²) in [4.78, 5) is 8.36. The van der Waals surface area contributed by atoms with Crippen molar-refractivity contribution in [3.8, 4) is 34.6 Å². The van der Waals surface area contributed by atoms with Crippen LogP contribution in [0.5, 0.6) is 0 Å². The van der Waals surface area contributed by atoms with E-state index in [1.165, 1.54) is 24.3 Å². The van der Waals surface area contributed by atoms with Crippen LogP contribution in [0.15, 0.2) is 107 Å². The van der Waals surface area contributed by atoms with Gasteiger partial charge in [0.1, 0.15) is 0 Å². The van der Waals surface area contributed by atoms with E-state index < -0.39 is 23.5 Å². The van der Waals surface area contributed by atoms with Gasteiger partial charge in [-0.1, -0.05) is 72.8 Å². The summed E-state index contributed by atoms with van der Waals surface area (Å²) in [6.45, 7) is 0. The fraction of sp³-hybridized carbons (Fsp3) is 0.0556. The van der Waals surface area contributed by atoms with Crippen LogP contribution in [0.1, 0.15) is 11.1 Å². The minimum Gasteiger partial charge on any atom is -0.172 e. The number of nitriles is 2. The van der Waals surface area contributed by atoms with Crippen molar-refractivity contribution in [1.82, 2.24) is 0 Å². The third-order valence-corrected chi connectivity index (χ3v) is 8.20. The molecule has 46 heavy (non-hydrogen) atoms. The van der Waals surface area contributed by atoms with Crippen molar-refractivity contribution >= 4 is 43.1 Å². The van der Waals surface area contributed by atoms with E-state index >= 15 is 0 Å². The third kappa shape index (κ3) is 4.30. The summed E-state index contributed by atoms with van der Waals surface area (Å²) in [5.74, 6) is 0. The first-order chi connectivity index (χ1) is 22.0. The zero-order chi connectivity index (χ0) is 32.4. The molecule has 10 heteroatoms. The van der Waals surface area contributed by atoms with Gasteiger partial charge in [-0.05, 0) is 46.2 Å². The fourth-order valence-corrected chi connectivity index (χ4v) is 6.41. The quantitative estimate of drug-likeness (QED) is 0.143. The van der Waals surface area contributed by atoms with Gasteiger partial charge >= 0.3 is 12.4 Å². The highest BCUT2D eigenvalue weighted by atomic mass is 19.4. The topological polar surface area (TPSA) is 72.3 Å². The molecule has 4 nitrogen and oxygen atoms in total. The number of fused-ring (bicyclic) bond motifs is 6. The van der Waals surface area contributed by atoms with Crippen LogP contribution in [0.2, 0.25) is 0 Å². The van der Waals surface area contributed by atoms with Crippen molar-refractivity contribution in [2.75, 3.05) is 0 Å². The van der Waals surface area contributed by atoms with E-state index in [2.05, 4.69) is 9.98 Å². The summed E-state index contributed by atoms with van der Waals surface area (Å²) in [5, 5.41) is 24.4. The van der Waals surface area contributed by atoms with Gasteiger partial charge in [0.25, 0.3) is 0 Å². The Balaban J connectivity index is 1.82. The average molecular weight is 619 g/mol. The number of nitrogens with zero attached hydrogens (tertiary/aromatic N) is 4. The van der Waals surface area contributed by atoms with Gasteiger partial charge in [-0.2, -0.15) is 46.9 Å². The van der Waals surface area contributed by atoms with E-state index in [-0.39, 0.29) is 10.7 Å². The van der Waals surface area contributed by atoms with Gasteiger partial charge in [0.05, 0.1) is 21.8 Å². The molecule has 0 N–H and O–H groups in total. The lowest BCUT2D eigenvalue weighted by molar-refractivity contribution is -0.138. The van der Waals surface area contributed by atoms with Crippen LogP contribution < -0.4 is 10.7 Å². The minimum atomic E-state index is -4.59. The van der Waals surface area contributed by atoms with Crippen LogP contribution >= 0.6 is 0 Å². The lowest BCUT2D eigenvalue weighted by atomic mass is 9.87. The van der Waals surface area contributed by atoms with Crippen LogP contribution in [0.25, 0.3) is 65.3 Å². The molecule has 7 rings (SSSR count). The van der Waals surface area contributed by atoms with Gasteiger partial charge in [0.15, 0.2) is 0 Å². The molecule has 7 aromatic rings. The Hall–Kier alpha value is -6.00. The van der Waals surface area contributed by atoms with Crippen LogP contribution in [-0.2, 0) is 12.4 Å². The summed E-state index contributed by atoms with van der Waals surface area (Å²) in [6, 6.07) is 23.3. The minimum absolute atomic E-state index is 0.266. The maximum atomic E-state index is 13.6. The van der Waals surface area contributed by atoms with Gasteiger partial charge in [-0.15, -0.1) is 0 Å². The monoisotopic (exact) mass is 618 g/mol. The standard InChI is InChI=1S/C36H16F6N4/c37-35(38,39)21-13-9-19(10-14-21)27-29-23-5-1-3-7-25(23)33(45-17-43)31(29)28(20-11-15-22(16-12-20)36(40,41)42)30-24-6-2-4-8-26(24)34(32(27)30)46-18-44/h1-16H/b45-33+,46-34+. The van der Waals surface area contributed by atoms with Gasteiger partial charge < -0.3 is 0 Å². The zero-order valence-corrected chi connectivity index (χ0v) is 23.3. The molecular weight excluding hydrogens is 602 g/mol. The SMILES string of the molecule is N#C/N=c1\c2ccccc2c2c(-c3ccc(C(F)(F)F)cc3)c3/c(=N/C#N)c4ccccc4c3c(-c3ccc(C(F)(F)F)cc3)c12. The van der Waals surface area contributed by atoms with Crippen LogP contribution in [0, 0.1) is 22.9 Å². The highest BCUT2D eigenvalue weighted by molar-refractivity contribution is 6.34. The van der Waals surface area contributed by atoms with Crippen LogP contribution in [0.4, 0.5) is 26.3 Å². The number of benzene rings is 5. The summed E-state index contributed by atoms with van der Waals surface area (Å²) in [5.41, 5.74) is -0.0401. The molecule has 0 atom stereocenters. The first-order valence-corrected chi connectivity index (χ1v) is 13.8. The lowest BCUT2D eigenvalue weighted by Gasteiger charge is -2.16. The number of rotatable bonds is 2. The molecule has 0 unspecified atom stereocenters. The number of hydrogen-bond acceptors (Lipinski definition) is 4. The molecule has 0 aliphatic heterocycles. The Morgan fingerprint density at radius 2 is 0.761 bits per heavy atom. The Morgan fingerprint density at radius 1 is 0.435 bits per heavy atom. The smallest absolute Gasteiger partial charge is 0.172 e. The molecule has 0 aliphatic rings. The number of alkyl halides is 6. The molecule has 0 radical (unpaired) electrons. The predicted octanol–water partition coefficient (Wildman–Crippen LogP) is 9.31. The van der Waals surface area contributed by atoms with E-state index in [0.29, 0.717) is 65.3 Å². The van der Waals surface area contributed by atoms with E-state index in [1.54, 1.807) is 48.5 Å². The second kappa shape index (κ2) is 10.3. The van der Waals surface area contributed by atoms with E-state index in [1.807, 2.05) is 12.4 Å². The molecule has 0 saturated carbocycles. The molecule has 7 aromatic carbocycles. The van der Waals surface area contributed by atoms with Crippen molar-refractivity contribution in [2.45, 2.75) is 12.4 Å². The van der Waals surface area contributed by atoms with Crippen LogP contribution in [-0.4, -0.2) is 0 Å². The maximum absolute atomic E-state index is 13.6. The van der Waals surface area contributed by atoms with Crippen molar-refractivity contribution in [3.63, 3.8) is 0 Å². The van der Waals surface area contributed by atoms with Gasteiger partial charge in [-0.3, -0.25) is 0 Å². The summed E-state index contributed by atoms with van der Waals surface area (Å²) < 4.78 is 81.6. The molecule has 0 saturated heterocycles. The molecule has 222 valence electrons. The first-order valence-electron chi connectivity index (χ1n) is 13.8. The van der Waals surface area contributed by atoms with Crippen molar-refractivity contribution < 1.29 is 26.3 Å². The molecule has 0 spiro atoms. The molecule has 0 fully saturated rings. The Bertz CT molecular complexity index is 2370.